The fraction of sp³-hybridized carbons (Fsp3) is 0.320. The number of anilines is 1. The largest absolute Gasteiger partial charge is 0.385 e. The number of hydrogen-bond acceptors (Lipinski definition) is 7. The Morgan fingerprint density at radius 1 is 1.17 bits per heavy atom. The van der Waals surface area contributed by atoms with Gasteiger partial charge in [0, 0.05) is 44.1 Å². The van der Waals surface area contributed by atoms with Gasteiger partial charge in [0.2, 0.25) is 5.91 Å². The molecule has 0 spiro atoms. The minimum atomic E-state index is -4.19. The molecule has 1 atom stereocenters. The van der Waals surface area contributed by atoms with Crippen molar-refractivity contribution < 1.29 is 27.5 Å². The molecule has 5 rings (SSSR count). The highest BCUT2D eigenvalue weighted by Crippen LogP contribution is 2.40. The number of ketones is 1. The number of thiophene rings is 1. The number of nitrogens with zero attached hydrogens (tertiary/aromatic N) is 2. The van der Waals surface area contributed by atoms with Gasteiger partial charge in [-0.3, -0.25) is 14.4 Å². The van der Waals surface area contributed by atoms with Gasteiger partial charge in [-0.1, -0.05) is 29.8 Å². The second kappa shape index (κ2) is 9.59. The van der Waals surface area contributed by atoms with E-state index in [9.17, 15) is 22.8 Å². The van der Waals surface area contributed by atoms with Gasteiger partial charge in [0.1, 0.15) is 10.3 Å². The van der Waals surface area contributed by atoms with Crippen molar-refractivity contribution in [1.29, 1.82) is 0 Å². The van der Waals surface area contributed by atoms with E-state index in [2.05, 4.69) is 0 Å². The van der Waals surface area contributed by atoms with Crippen LogP contribution in [0.25, 0.3) is 10.8 Å². The Balaban J connectivity index is 1.45. The lowest BCUT2D eigenvalue weighted by molar-refractivity contribution is -0.129. The Morgan fingerprint density at radius 3 is 2.69 bits per heavy atom. The Hall–Kier alpha value is -2.79. The average molecular weight is 547 g/mol. The zero-order chi connectivity index (χ0) is 25.6. The summed E-state index contributed by atoms with van der Waals surface area (Å²) in [6.07, 6.45) is 0.729. The molecule has 0 radical (unpaired) electrons. The molecule has 2 aliphatic rings. The topological polar surface area (TPSA) is 101 Å². The predicted molar refractivity (Wildman–Crippen MR) is 137 cm³/mol. The maximum atomic E-state index is 13.4. The maximum Gasteiger partial charge on any atom is 0.276 e. The minimum absolute atomic E-state index is 0.0243. The quantitative estimate of drug-likeness (QED) is 0.375. The van der Waals surface area contributed by atoms with E-state index in [1.807, 2.05) is 12.1 Å². The van der Waals surface area contributed by atoms with Crippen molar-refractivity contribution in [2.75, 3.05) is 25.2 Å². The van der Waals surface area contributed by atoms with Crippen LogP contribution in [-0.4, -0.2) is 56.6 Å². The molecule has 2 aromatic carbocycles. The number of carbonyl (C=O) groups excluding carboxylic acids is 3. The molecule has 0 aliphatic carbocycles. The van der Waals surface area contributed by atoms with E-state index in [0.717, 1.165) is 32.1 Å². The van der Waals surface area contributed by atoms with Crippen molar-refractivity contribution in [3.05, 3.63) is 57.9 Å². The molecule has 36 heavy (non-hydrogen) atoms. The predicted octanol–water partition coefficient (Wildman–Crippen LogP) is 4.04. The number of halogens is 1. The SMILES string of the molecule is COCCCN1C(=O)c2cccc3c(CC(=O)C4CCC(=O)N4S(=O)(=O)c4ccc(Cl)s4)ccc1c23. The Morgan fingerprint density at radius 2 is 1.97 bits per heavy atom. The molecular weight excluding hydrogens is 524 g/mol. The van der Waals surface area contributed by atoms with Crippen molar-refractivity contribution >= 4 is 67.0 Å². The van der Waals surface area contributed by atoms with Crippen molar-refractivity contribution in [3.63, 3.8) is 0 Å². The zero-order valence-corrected chi connectivity index (χ0v) is 21.8. The Labute approximate surface area is 217 Å². The van der Waals surface area contributed by atoms with Crippen LogP contribution < -0.4 is 4.90 Å². The molecule has 2 amide bonds. The molecule has 188 valence electrons. The van der Waals surface area contributed by atoms with Crippen LogP contribution in [0.15, 0.2) is 46.7 Å². The van der Waals surface area contributed by atoms with E-state index in [4.69, 9.17) is 16.3 Å². The van der Waals surface area contributed by atoms with Crippen LogP contribution in [0.1, 0.15) is 35.2 Å². The molecule has 3 aromatic rings. The van der Waals surface area contributed by atoms with E-state index in [1.54, 1.807) is 30.2 Å². The second-order valence-corrected chi connectivity index (χ2v) is 12.5. The van der Waals surface area contributed by atoms with E-state index >= 15 is 0 Å². The number of amides is 2. The lowest BCUT2D eigenvalue weighted by atomic mass is 9.95. The standard InChI is InChI=1S/C25H23ClN2O6S2/c1-34-13-3-12-27-19-7-6-15(16-4-2-5-17(24(16)19)25(27)31)14-20(29)18-8-10-22(30)28(18)36(32,33)23-11-9-21(26)35-23/h2,4-7,9,11,18H,3,8,10,12-14H2,1H3. The minimum Gasteiger partial charge on any atom is -0.385 e. The van der Waals surface area contributed by atoms with Gasteiger partial charge in [-0.25, -0.2) is 12.7 Å². The summed E-state index contributed by atoms with van der Waals surface area (Å²) >= 11 is 6.76. The van der Waals surface area contributed by atoms with Crippen molar-refractivity contribution in [2.45, 2.75) is 35.9 Å². The first kappa shape index (κ1) is 24.9. The van der Waals surface area contributed by atoms with Crippen molar-refractivity contribution in [3.8, 4) is 0 Å². The molecule has 1 saturated heterocycles. The number of methoxy groups -OCH3 is 1. The van der Waals surface area contributed by atoms with Crippen molar-refractivity contribution in [2.24, 2.45) is 0 Å². The maximum absolute atomic E-state index is 13.4. The molecular formula is C25H23ClN2O6S2. The number of hydrogen-bond donors (Lipinski definition) is 0. The molecule has 2 aliphatic heterocycles. The molecule has 3 heterocycles. The molecule has 1 fully saturated rings. The third-order valence-electron chi connectivity index (χ3n) is 6.56. The number of ether oxygens (including phenoxy) is 1. The Bertz CT molecular complexity index is 1500. The summed E-state index contributed by atoms with van der Waals surface area (Å²) in [4.78, 5) is 40.7. The zero-order valence-electron chi connectivity index (χ0n) is 19.4. The van der Waals surface area contributed by atoms with Gasteiger partial charge in [-0.15, -0.1) is 11.3 Å². The van der Waals surface area contributed by atoms with Crippen LogP contribution in [0.4, 0.5) is 5.69 Å². The second-order valence-electron chi connectivity index (χ2n) is 8.73. The lowest BCUT2D eigenvalue weighted by Gasteiger charge is -2.23. The fourth-order valence-corrected chi connectivity index (χ4v) is 8.14. The fourth-order valence-electron chi connectivity index (χ4n) is 4.94. The Kier molecular flexibility index (Phi) is 6.63. The van der Waals surface area contributed by atoms with Crippen LogP contribution in [0.2, 0.25) is 4.34 Å². The number of carbonyl (C=O) groups is 3. The highest BCUT2D eigenvalue weighted by Gasteiger charge is 2.44. The summed E-state index contributed by atoms with van der Waals surface area (Å²) in [7, 11) is -2.57. The molecule has 0 saturated carbocycles. The number of rotatable bonds is 9. The lowest BCUT2D eigenvalue weighted by Crippen LogP contribution is -2.43. The van der Waals surface area contributed by atoms with Gasteiger partial charge in [-0.2, -0.15) is 0 Å². The molecule has 0 N–H and O–H groups in total. The smallest absolute Gasteiger partial charge is 0.276 e. The van der Waals surface area contributed by atoms with Gasteiger partial charge in [-0.05, 0) is 48.1 Å². The van der Waals surface area contributed by atoms with Crippen LogP contribution in [0.3, 0.4) is 0 Å². The van der Waals surface area contributed by atoms with Gasteiger partial charge in [0.25, 0.3) is 15.9 Å². The molecule has 0 bridgehead atoms. The van der Waals surface area contributed by atoms with Crippen LogP contribution >= 0.6 is 22.9 Å². The summed E-state index contributed by atoms with van der Waals surface area (Å²) in [5.41, 5.74) is 2.04. The normalized spacial score (nSPS) is 17.6. The van der Waals surface area contributed by atoms with Gasteiger partial charge >= 0.3 is 0 Å². The molecule has 1 aromatic heterocycles. The molecule has 8 nitrogen and oxygen atoms in total. The number of sulfonamides is 1. The van der Waals surface area contributed by atoms with Crippen LogP contribution in [0.5, 0.6) is 0 Å². The molecule has 1 unspecified atom stereocenters. The molecule has 11 heteroatoms. The van der Waals surface area contributed by atoms with Gasteiger partial charge in [0.15, 0.2) is 5.78 Å². The summed E-state index contributed by atoms with van der Waals surface area (Å²) in [6.45, 7) is 1.05. The van der Waals surface area contributed by atoms with E-state index in [0.29, 0.717) is 30.7 Å². The number of benzene rings is 2. The third kappa shape index (κ3) is 4.11. The monoisotopic (exact) mass is 546 g/mol. The van der Waals surface area contributed by atoms with Gasteiger partial charge in [0.05, 0.1) is 10.0 Å². The summed E-state index contributed by atoms with van der Waals surface area (Å²) in [5, 5.41) is 1.55. The number of Topliss-reactive ketones (excluding diaryl/α,β-unsaturated/α-hetero) is 1. The average Bonchev–Trinajstić information content (AvgIpc) is 3.54. The first-order valence-electron chi connectivity index (χ1n) is 11.4. The van der Waals surface area contributed by atoms with Crippen molar-refractivity contribution in [1.82, 2.24) is 4.31 Å². The summed E-state index contributed by atoms with van der Waals surface area (Å²) in [6, 6.07) is 10.7. The first-order valence-corrected chi connectivity index (χ1v) is 14.1. The first-order chi connectivity index (χ1) is 17.2. The van der Waals surface area contributed by atoms with Crippen LogP contribution in [0, 0.1) is 0 Å². The third-order valence-corrected chi connectivity index (χ3v) is 10.1. The summed E-state index contributed by atoms with van der Waals surface area (Å²) < 4.78 is 32.4. The highest BCUT2D eigenvalue weighted by atomic mass is 35.5. The van der Waals surface area contributed by atoms with Crippen LogP contribution in [-0.2, 0) is 30.8 Å². The van der Waals surface area contributed by atoms with E-state index in [-0.39, 0.29) is 39.5 Å². The summed E-state index contributed by atoms with van der Waals surface area (Å²) in [5.74, 6) is -1.06. The highest BCUT2D eigenvalue weighted by molar-refractivity contribution is 7.91. The van der Waals surface area contributed by atoms with E-state index in [1.165, 1.54) is 12.1 Å². The van der Waals surface area contributed by atoms with E-state index < -0.39 is 22.0 Å². The van der Waals surface area contributed by atoms with Gasteiger partial charge < -0.3 is 9.64 Å².